The van der Waals surface area contributed by atoms with Gasteiger partial charge in [0.2, 0.25) is 0 Å². The van der Waals surface area contributed by atoms with E-state index in [4.69, 9.17) is 14.5 Å². The standard InChI is InChI=1S/C28H36FN3O4/c29-20-9-11-23(25-7-4-16-36-25)24(17-20)26(28(33)34)32-14-12-22(18-32)35-15-2-1-6-21-10-8-19-5-3-13-30-27(19)31-21/h8-11,17,22,25-26H,1-7,12-16,18H2,(H,30,31)(H,33,34)/t22-,25-,26+/m1/s1. The zero-order valence-electron chi connectivity index (χ0n) is 20.8. The Morgan fingerprint density at radius 1 is 1.25 bits per heavy atom. The van der Waals surface area contributed by atoms with Crippen LogP contribution in [0.1, 0.15) is 73.1 Å². The molecule has 8 heteroatoms. The molecule has 2 N–H and O–H groups in total. The molecule has 2 fully saturated rings. The zero-order chi connectivity index (χ0) is 24.9. The summed E-state index contributed by atoms with van der Waals surface area (Å²) in [6, 6.07) is 7.87. The van der Waals surface area contributed by atoms with Gasteiger partial charge in [0.1, 0.15) is 17.7 Å². The number of carboxylic acid groups (broad SMARTS) is 1. The van der Waals surface area contributed by atoms with Gasteiger partial charge in [-0.2, -0.15) is 0 Å². The van der Waals surface area contributed by atoms with Crippen LogP contribution in [0, 0.1) is 5.82 Å². The smallest absolute Gasteiger partial charge is 0.325 e. The zero-order valence-corrected chi connectivity index (χ0v) is 20.8. The van der Waals surface area contributed by atoms with Crippen molar-refractivity contribution in [1.82, 2.24) is 9.88 Å². The maximum atomic E-state index is 14.2. The molecule has 3 aliphatic rings. The lowest BCUT2D eigenvalue weighted by molar-refractivity contribution is -0.143. The maximum absolute atomic E-state index is 14.2. The number of hydrogen-bond donors (Lipinski definition) is 2. The lowest BCUT2D eigenvalue weighted by Gasteiger charge is -2.28. The van der Waals surface area contributed by atoms with Crippen molar-refractivity contribution in [1.29, 1.82) is 0 Å². The minimum atomic E-state index is -0.965. The Balaban J connectivity index is 1.12. The summed E-state index contributed by atoms with van der Waals surface area (Å²) in [5.74, 6) is -0.350. The van der Waals surface area contributed by atoms with Crippen molar-refractivity contribution in [2.45, 2.75) is 69.6 Å². The summed E-state index contributed by atoms with van der Waals surface area (Å²) in [5, 5.41) is 13.5. The first-order valence-electron chi connectivity index (χ1n) is 13.3. The van der Waals surface area contributed by atoms with Crippen molar-refractivity contribution in [2.75, 3.05) is 38.2 Å². The van der Waals surface area contributed by atoms with Crippen LogP contribution in [0.2, 0.25) is 0 Å². The third kappa shape index (κ3) is 5.88. The number of benzene rings is 1. The summed E-state index contributed by atoms with van der Waals surface area (Å²) in [5.41, 5.74) is 3.70. The number of pyridine rings is 1. The number of rotatable bonds is 10. The Kier molecular flexibility index (Phi) is 8.14. The predicted molar refractivity (Wildman–Crippen MR) is 135 cm³/mol. The van der Waals surface area contributed by atoms with Crippen molar-refractivity contribution in [3.63, 3.8) is 0 Å². The van der Waals surface area contributed by atoms with E-state index in [1.807, 2.05) is 4.90 Å². The predicted octanol–water partition coefficient (Wildman–Crippen LogP) is 4.67. The van der Waals surface area contributed by atoms with Crippen LogP contribution in [0.4, 0.5) is 10.2 Å². The van der Waals surface area contributed by atoms with Crippen LogP contribution in [0.25, 0.3) is 0 Å². The van der Waals surface area contributed by atoms with Gasteiger partial charge in [0.25, 0.3) is 0 Å². The largest absolute Gasteiger partial charge is 0.480 e. The molecule has 0 aliphatic carbocycles. The van der Waals surface area contributed by atoms with E-state index >= 15 is 0 Å². The van der Waals surface area contributed by atoms with Crippen LogP contribution in [0.15, 0.2) is 30.3 Å². The van der Waals surface area contributed by atoms with Gasteiger partial charge in [-0.25, -0.2) is 9.37 Å². The number of aliphatic carboxylic acids is 1. The summed E-state index contributed by atoms with van der Waals surface area (Å²) < 4.78 is 26.1. The van der Waals surface area contributed by atoms with Crippen molar-refractivity contribution in [3.8, 4) is 0 Å². The van der Waals surface area contributed by atoms with E-state index in [0.29, 0.717) is 31.9 Å². The molecular formula is C28H36FN3O4. The number of nitrogens with one attached hydrogen (secondary N) is 1. The first kappa shape index (κ1) is 25.1. The number of carbonyl (C=O) groups is 1. The van der Waals surface area contributed by atoms with E-state index < -0.39 is 17.8 Å². The Morgan fingerprint density at radius 3 is 3.00 bits per heavy atom. The molecular weight excluding hydrogens is 461 g/mol. The molecule has 0 amide bonds. The van der Waals surface area contributed by atoms with Gasteiger partial charge in [0, 0.05) is 38.5 Å². The fraction of sp³-hybridized carbons (Fsp3) is 0.571. The van der Waals surface area contributed by atoms with Crippen molar-refractivity contribution < 1.29 is 23.8 Å². The molecule has 7 nitrogen and oxygen atoms in total. The molecule has 4 heterocycles. The minimum absolute atomic E-state index is 0.0161. The average Bonchev–Trinajstić information content (AvgIpc) is 3.57. The monoisotopic (exact) mass is 497 g/mol. The molecule has 36 heavy (non-hydrogen) atoms. The molecule has 1 aromatic heterocycles. The maximum Gasteiger partial charge on any atom is 0.325 e. The molecule has 0 saturated carbocycles. The SMILES string of the molecule is O=C(O)[C@H](c1cc(F)ccc1[C@H]1CCCO1)N1CC[C@@H](OCCCCc2ccc3c(n2)NCCC3)C1. The van der Waals surface area contributed by atoms with Crippen molar-refractivity contribution in [3.05, 3.63) is 58.5 Å². The Bertz CT molecular complexity index is 1060. The number of fused-ring (bicyclic) bond motifs is 1. The summed E-state index contributed by atoms with van der Waals surface area (Å²) in [6.45, 7) is 3.41. The summed E-state index contributed by atoms with van der Waals surface area (Å²) in [4.78, 5) is 19.0. The second-order valence-corrected chi connectivity index (χ2v) is 10.1. The number of aromatic nitrogens is 1. The van der Waals surface area contributed by atoms with Gasteiger partial charge in [-0.05, 0) is 86.3 Å². The number of hydrogen-bond acceptors (Lipinski definition) is 6. The normalized spacial score (nSPS) is 22.8. The van der Waals surface area contributed by atoms with Gasteiger partial charge in [0.15, 0.2) is 0 Å². The van der Waals surface area contributed by atoms with Gasteiger partial charge in [-0.15, -0.1) is 0 Å². The first-order chi connectivity index (χ1) is 17.6. The third-order valence-electron chi connectivity index (χ3n) is 7.53. The highest BCUT2D eigenvalue weighted by molar-refractivity contribution is 5.76. The second-order valence-electron chi connectivity index (χ2n) is 10.1. The van der Waals surface area contributed by atoms with Crippen LogP contribution in [0.5, 0.6) is 0 Å². The molecule has 2 aromatic rings. The second kappa shape index (κ2) is 11.7. The third-order valence-corrected chi connectivity index (χ3v) is 7.53. The van der Waals surface area contributed by atoms with E-state index in [0.717, 1.165) is 75.0 Å². The van der Waals surface area contributed by atoms with Gasteiger partial charge in [-0.3, -0.25) is 9.69 Å². The van der Waals surface area contributed by atoms with Gasteiger partial charge in [-0.1, -0.05) is 12.1 Å². The Morgan fingerprint density at radius 2 is 2.17 bits per heavy atom. The number of unbranched alkanes of at least 4 members (excludes halogenated alkanes) is 1. The van der Waals surface area contributed by atoms with Gasteiger partial charge in [0.05, 0.1) is 12.2 Å². The lowest BCUT2D eigenvalue weighted by atomic mass is 9.94. The van der Waals surface area contributed by atoms with Crippen molar-refractivity contribution in [2.24, 2.45) is 0 Å². The quantitative estimate of drug-likeness (QED) is 0.462. The topological polar surface area (TPSA) is 83.9 Å². The Labute approximate surface area is 212 Å². The van der Waals surface area contributed by atoms with Crippen LogP contribution in [-0.2, 0) is 27.1 Å². The van der Waals surface area contributed by atoms with Crippen LogP contribution in [-0.4, -0.2) is 59.9 Å². The van der Waals surface area contributed by atoms with Gasteiger partial charge < -0.3 is 19.9 Å². The van der Waals surface area contributed by atoms with E-state index in [9.17, 15) is 14.3 Å². The van der Waals surface area contributed by atoms with Crippen LogP contribution in [0.3, 0.4) is 0 Å². The molecule has 3 aliphatic heterocycles. The van der Waals surface area contributed by atoms with Gasteiger partial charge >= 0.3 is 5.97 Å². The number of halogens is 1. The van der Waals surface area contributed by atoms with E-state index in [1.54, 1.807) is 6.07 Å². The summed E-state index contributed by atoms with van der Waals surface area (Å²) >= 11 is 0. The molecule has 0 spiro atoms. The molecule has 194 valence electrons. The Hall–Kier alpha value is -2.55. The molecule has 0 bridgehead atoms. The van der Waals surface area contributed by atoms with Crippen LogP contribution < -0.4 is 5.32 Å². The van der Waals surface area contributed by atoms with E-state index in [-0.39, 0.29) is 12.2 Å². The number of likely N-dealkylation sites (tertiary alicyclic amines) is 1. The minimum Gasteiger partial charge on any atom is -0.480 e. The number of carboxylic acids is 1. The number of ether oxygens (including phenoxy) is 2. The fourth-order valence-corrected chi connectivity index (χ4v) is 5.68. The highest BCUT2D eigenvalue weighted by Gasteiger charge is 2.37. The highest BCUT2D eigenvalue weighted by Crippen LogP contribution is 2.37. The molecule has 2 saturated heterocycles. The average molecular weight is 498 g/mol. The number of aryl methyl sites for hydroxylation is 2. The van der Waals surface area contributed by atoms with Crippen LogP contribution >= 0.6 is 0 Å². The summed E-state index contributed by atoms with van der Waals surface area (Å²) in [6.07, 6.45) is 7.44. The summed E-state index contributed by atoms with van der Waals surface area (Å²) in [7, 11) is 0. The molecule has 1 aromatic carbocycles. The highest BCUT2D eigenvalue weighted by atomic mass is 19.1. The molecule has 5 rings (SSSR count). The van der Waals surface area contributed by atoms with E-state index in [2.05, 4.69) is 17.4 Å². The molecule has 0 unspecified atom stereocenters. The van der Waals surface area contributed by atoms with E-state index in [1.165, 1.54) is 17.7 Å². The first-order valence-corrected chi connectivity index (χ1v) is 13.3. The fourth-order valence-electron chi connectivity index (χ4n) is 5.68. The number of nitrogens with zero attached hydrogens (tertiary/aromatic N) is 2. The number of anilines is 1. The molecule has 0 radical (unpaired) electrons. The molecule has 3 atom stereocenters. The van der Waals surface area contributed by atoms with Crippen molar-refractivity contribution >= 4 is 11.8 Å². The lowest BCUT2D eigenvalue weighted by Crippen LogP contribution is -2.34.